The molecular formula is C21H20O10. The molecule has 164 valence electrons. The van der Waals surface area contributed by atoms with Gasteiger partial charge in [-0.2, -0.15) is 0 Å². The van der Waals surface area contributed by atoms with E-state index in [-0.39, 0.29) is 28.0 Å². The molecule has 0 amide bonds. The number of aliphatic hydroxyl groups excluding tert-OH is 4. The summed E-state index contributed by atoms with van der Waals surface area (Å²) in [5, 5.41) is 59.2. The first kappa shape index (κ1) is 21.1. The zero-order valence-electron chi connectivity index (χ0n) is 16.0. The molecule has 3 aromatic rings. The van der Waals surface area contributed by atoms with Gasteiger partial charge in [-0.25, -0.2) is 0 Å². The fourth-order valence-corrected chi connectivity index (χ4v) is 3.37. The van der Waals surface area contributed by atoms with Gasteiger partial charge in [-0.1, -0.05) is 12.1 Å². The predicted molar refractivity (Wildman–Crippen MR) is 106 cm³/mol. The van der Waals surface area contributed by atoms with E-state index in [9.17, 15) is 35.4 Å². The van der Waals surface area contributed by atoms with Gasteiger partial charge in [0.15, 0.2) is 17.3 Å². The van der Waals surface area contributed by atoms with E-state index in [1.807, 2.05) is 0 Å². The number of rotatable bonds is 4. The van der Waals surface area contributed by atoms with Crippen LogP contribution in [0.5, 0.6) is 17.2 Å². The predicted octanol–water partition coefficient (Wildman–Crippen LogP) is 0.0499. The van der Waals surface area contributed by atoms with Crippen molar-refractivity contribution >= 4 is 11.0 Å². The molecule has 0 aliphatic carbocycles. The quantitative estimate of drug-likeness (QED) is 0.310. The molecule has 0 spiro atoms. The molecule has 6 N–H and O–H groups in total. The molecule has 1 aliphatic rings. The number of phenolic OH excluding ortho intramolecular Hbond substituents is 2. The maximum Gasteiger partial charge on any atom is 0.235 e. The topological polar surface area (TPSA) is 170 Å². The minimum atomic E-state index is -1.75. The Morgan fingerprint density at radius 1 is 0.935 bits per heavy atom. The van der Waals surface area contributed by atoms with Crippen molar-refractivity contribution in [2.75, 3.05) is 6.61 Å². The molecule has 0 bridgehead atoms. The number of aromatic hydroxyl groups is 2. The number of hydrogen-bond donors (Lipinski definition) is 6. The molecule has 31 heavy (non-hydrogen) atoms. The first-order valence-corrected chi connectivity index (χ1v) is 9.37. The van der Waals surface area contributed by atoms with Crippen LogP contribution in [0.1, 0.15) is 0 Å². The third-order valence-corrected chi connectivity index (χ3v) is 5.08. The zero-order chi connectivity index (χ0) is 22.3. The van der Waals surface area contributed by atoms with E-state index < -0.39 is 54.2 Å². The molecule has 5 atom stereocenters. The van der Waals surface area contributed by atoms with Crippen LogP contribution in [0.25, 0.3) is 22.3 Å². The largest absolute Gasteiger partial charge is 0.504 e. The van der Waals surface area contributed by atoms with Crippen LogP contribution in [0.4, 0.5) is 0 Å². The Labute approximate surface area is 174 Å². The van der Waals surface area contributed by atoms with E-state index in [1.165, 1.54) is 18.2 Å². The van der Waals surface area contributed by atoms with Crippen molar-refractivity contribution in [1.82, 2.24) is 0 Å². The van der Waals surface area contributed by atoms with Crippen LogP contribution in [0.2, 0.25) is 0 Å². The Balaban J connectivity index is 1.85. The van der Waals surface area contributed by atoms with Crippen LogP contribution in [-0.4, -0.2) is 68.0 Å². The molecule has 2 aromatic carbocycles. The summed E-state index contributed by atoms with van der Waals surface area (Å²) in [4.78, 5) is 13.2. The second-order valence-corrected chi connectivity index (χ2v) is 7.10. The van der Waals surface area contributed by atoms with Gasteiger partial charge in [-0.3, -0.25) is 4.79 Å². The average molecular weight is 432 g/mol. The third kappa shape index (κ3) is 3.71. The highest BCUT2D eigenvalue weighted by molar-refractivity contribution is 5.82. The van der Waals surface area contributed by atoms with Crippen molar-refractivity contribution in [2.45, 2.75) is 30.7 Å². The van der Waals surface area contributed by atoms with Crippen LogP contribution < -0.4 is 10.2 Å². The molecule has 0 saturated carbocycles. The lowest BCUT2D eigenvalue weighted by Gasteiger charge is -2.39. The molecule has 0 radical (unpaired) electrons. The summed E-state index contributed by atoms with van der Waals surface area (Å²) < 4.78 is 16.8. The Morgan fingerprint density at radius 3 is 2.39 bits per heavy atom. The van der Waals surface area contributed by atoms with Gasteiger partial charge in [-0.15, -0.1) is 0 Å². The van der Waals surface area contributed by atoms with Gasteiger partial charge in [0.2, 0.25) is 17.5 Å². The van der Waals surface area contributed by atoms with Gasteiger partial charge < -0.3 is 44.5 Å². The fraction of sp³-hybridized carbons (Fsp3) is 0.286. The van der Waals surface area contributed by atoms with E-state index in [4.69, 9.17) is 13.9 Å². The minimum Gasteiger partial charge on any atom is -0.504 e. The van der Waals surface area contributed by atoms with Gasteiger partial charge in [0.05, 0.1) is 12.0 Å². The molecule has 4 rings (SSSR count). The summed E-state index contributed by atoms with van der Waals surface area (Å²) in [6.45, 7) is -0.671. The molecule has 10 heteroatoms. The average Bonchev–Trinajstić information content (AvgIpc) is 2.77. The highest BCUT2D eigenvalue weighted by Crippen LogP contribution is 2.37. The lowest BCUT2D eigenvalue weighted by Crippen LogP contribution is -2.60. The normalized spacial score (nSPS) is 26.1. The maximum absolute atomic E-state index is 13.2. The van der Waals surface area contributed by atoms with E-state index in [0.717, 1.165) is 6.07 Å². The third-order valence-electron chi connectivity index (χ3n) is 5.08. The van der Waals surface area contributed by atoms with E-state index >= 15 is 0 Å². The standard InChI is InChI=1S/C21H20O10/c22-8-14-16(26)17(27)18(28)21(30-14)31-20-15(25)10-3-1-2-4-13(10)29-19(20)9-5-6-11(23)12(24)7-9/h1-7,14,16-18,21-24,26-28H,8H2/t14-,16-,17+,18-,21?/m1/s1. The second kappa shape index (κ2) is 8.17. The zero-order valence-corrected chi connectivity index (χ0v) is 16.0. The Kier molecular flexibility index (Phi) is 5.56. The monoisotopic (exact) mass is 432 g/mol. The first-order valence-electron chi connectivity index (χ1n) is 9.37. The van der Waals surface area contributed by atoms with Gasteiger partial charge in [0.1, 0.15) is 30.0 Å². The van der Waals surface area contributed by atoms with Crippen LogP contribution in [-0.2, 0) is 4.74 Å². The number of hydrogen-bond acceptors (Lipinski definition) is 10. The number of para-hydroxylation sites is 1. The Hall–Kier alpha value is -3.15. The maximum atomic E-state index is 13.2. The van der Waals surface area contributed by atoms with Gasteiger partial charge in [-0.05, 0) is 30.3 Å². The minimum absolute atomic E-state index is 0.129. The Bertz CT molecular complexity index is 1150. The summed E-state index contributed by atoms with van der Waals surface area (Å²) >= 11 is 0. The van der Waals surface area contributed by atoms with Crippen molar-refractivity contribution < 1.29 is 44.5 Å². The molecule has 2 heterocycles. The fourth-order valence-electron chi connectivity index (χ4n) is 3.37. The number of fused-ring (bicyclic) bond motifs is 1. The molecule has 1 saturated heterocycles. The molecule has 10 nitrogen and oxygen atoms in total. The smallest absolute Gasteiger partial charge is 0.235 e. The lowest BCUT2D eigenvalue weighted by molar-refractivity contribution is -0.277. The summed E-state index contributed by atoms with van der Waals surface area (Å²) in [6, 6.07) is 10.0. The lowest BCUT2D eigenvalue weighted by atomic mass is 9.99. The highest BCUT2D eigenvalue weighted by Gasteiger charge is 2.45. The Morgan fingerprint density at radius 2 is 1.68 bits per heavy atom. The van der Waals surface area contributed by atoms with Crippen molar-refractivity contribution in [3.63, 3.8) is 0 Å². The SMILES string of the molecule is O=c1c(OC2O[C@H](CO)[C@@H](O)[C@H](O)[C@H]2O)c(-c2ccc(O)c(O)c2)oc2ccccc12. The number of ether oxygens (including phenoxy) is 2. The van der Waals surface area contributed by atoms with Crippen molar-refractivity contribution in [3.8, 4) is 28.6 Å². The number of phenols is 2. The molecule has 1 aliphatic heterocycles. The summed E-state index contributed by atoms with van der Waals surface area (Å²) in [6.07, 6.45) is -7.91. The molecular weight excluding hydrogens is 412 g/mol. The highest BCUT2D eigenvalue weighted by atomic mass is 16.7. The van der Waals surface area contributed by atoms with Crippen LogP contribution in [0, 0.1) is 0 Å². The van der Waals surface area contributed by atoms with Crippen molar-refractivity contribution in [3.05, 3.63) is 52.7 Å². The van der Waals surface area contributed by atoms with Gasteiger partial charge >= 0.3 is 0 Å². The first-order chi connectivity index (χ1) is 14.8. The van der Waals surface area contributed by atoms with E-state index in [1.54, 1.807) is 18.2 Å². The van der Waals surface area contributed by atoms with E-state index in [2.05, 4.69) is 0 Å². The van der Waals surface area contributed by atoms with E-state index in [0.29, 0.717) is 0 Å². The van der Waals surface area contributed by atoms with Crippen molar-refractivity contribution in [2.24, 2.45) is 0 Å². The molecule has 1 unspecified atom stereocenters. The summed E-state index contributed by atoms with van der Waals surface area (Å²) in [7, 11) is 0. The molecule has 1 fully saturated rings. The van der Waals surface area contributed by atoms with Crippen LogP contribution in [0.15, 0.2) is 51.7 Å². The number of benzene rings is 2. The summed E-state index contributed by atoms with van der Waals surface area (Å²) in [5.74, 6) is -1.38. The second-order valence-electron chi connectivity index (χ2n) is 7.10. The van der Waals surface area contributed by atoms with Crippen LogP contribution >= 0.6 is 0 Å². The van der Waals surface area contributed by atoms with Crippen molar-refractivity contribution in [1.29, 1.82) is 0 Å². The van der Waals surface area contributed by atoms with Gasteiger partial charge in [0, 0.05) is 5.56 Å². The number of aliphatic hydroxyl groups is 4. The van der Waals surface area contributed by atoms with Gasteiger partial charge in [0.25, 0.3) is 0 Å². The summed E-state index contributed by atoms with van der Waals surface area (Å²) in [5.41, 5.74) is -0.227. The molecule has 1 aromatic heterocycles. The van der Waals surface area contributed by atoms with Crippen LogP contribution in [0.3, 0.4) is 0 Å².